The molecule has 0 radical (unpaired) electrons. The Hall–Kier alpha value is -2.19. The molecule has 0 aliphatic rings. The number of pyridine rings is 1. The smallest absolute Gasteiger partial charge is 0.181 e. The molecule has 1 aromatic heterocycles. The van der Waals surface area contributed by atoms with Gasteiger partial charge in [0.25, 0.3) is 0 Å². The molecule has 0 aliphatic carbocycles. The summed E-state index contributed by atoms with van der Waals surface area (Å²) < 4.78 is 24.4. The molecule has 1 heterocycles. The van der Waals surface area contributed by atoms with Gasteiger partial charge in [-0.25, -0.2) is 13.4 Å². The van der Waals surface area contributed by atoms with Crippen molar-refractivity contribution in [3.63, 3.8) is 0 Å². The van der Waals surface area contributed by atoms with E-state index in [0.29, 0.717) is 5.56 Å². The Morgan fingerprint density at radius 1 is 1.21 bits per heavy atom. The van der Waals surface area contributed by atoms with Crippen molar-refractivity contribution in [1.29, 1.82) is 5.26 Å². The number of hydrogen-bond acceptors (Lipinski definition) is 4. The predicted octanol–water partition coefficient (Wildman–Crippen LogP) is 2.41. The fraction of sp³-hybridized carbons (Fsp3) is 0.143. The molecule has 0 aliphatic heterocycles. The minimum absolute atomic E-state index is 0.0196. The molecule has 0 N–H and O–H groups in total. The van der Waals surface area contributed by atoms with Gasteiger partial charge in [0.1, 0.15) is 11.0 Å². The van der Waals surface area contributed by atoms with Gasteiger partial charge >= 0.3 is 0 Å². The molecule has 4 nitrogen and oxygen atoms in total. The van der Waals surface area contributed by atoms with Crippen molar-refractivity contribution in [2.24, 2.45) is 0 Å². The maximum atomic E-state index is 12.2. The van der Waals surface area contributed by atoms with Crippen molar-refractivity contribution >= 4 is 9.84 Å². The molecule has 2 rings (SSSR count). The highest BCUT2D eigenvalue weighted by Gasteiger charge is 2.22. The molecule has 0 spiro atoms. The maximum Gasteiger partial charge on any atom is 0.181 e. The van der Waals surface area contributed by atoms with E-state index in [4.69, 9.17) is 5.26 Å². The molecule has 19 heavy (non-hydrogen) atoms. The molecule has 0 bridgehead atoms. The van der Waals surface area contributed by atoms with Crippen LogP contribution < -0.4 is 0 Å². The first-order chi connectivity index (χ1) is 9.10. The first-order valence-corrected chi connectivity index (χ1v) is 7.42. The minimum atomic E-state index is -3.50. The van der Waals surface area contributed by atoms with Crippen molar-refractivity contribution in [3.8, 4) is 17.2 Å². The van der Waals surface area contributed by atoms with Gasteiger partial charge in [-0.15, -0.1) is 0 Å². The van der Waals surface area contributed by atoms with E-state index in [9.17, 15) is 8.42 Å². The van der Waals surface area contributed by atoms with Crippen LogP contribution in [0.2, 0.25) is 0 Å². The molecule has 0 amide bonds. The summed E-state index contributed by atoms with van der Waals surface area (Å²) in [7, 11) is -3.50. The Morgan fingerprint density at radius 2 is 1.89 bits per heavy atom. The summed E-state index contributed by atoms with van der Waals surface area (Å²) in [5.41, 5.74) is 1.23. The molecule has 0 saturated carbocycles. The third-order valence-corrected chi connectivity index (χ3v) is 4.58. The highest BCUT2D eigenvalue weighted by Crippen LogP contribution is 2.29. The summed E-state index contributed by atoms with van der Waals surface area (Å²) in [5.74, 6) is -0.0623. The Morgan fingerprint density at radius 3 is 2.47 bits per heavy atom. The molecule has 0 fully saturated rings. The zero-order valence-corrected chi connectivity index (χ0v) is 11.2. The summed E-state index contributed by atoms with van der Waals surface area (Å²) in [4.78, 5) is 3.88. The van der Waals surface area contributed by atoms with Crippen LogP contribution in [0.25, 0.3) is 11.1 Å². The third-order valence-electron chi connectivity index (χ3n) is 2.79. The summed E-state index contributed by atoms with van der Waals surface area (Å²) in [6, 6.07) is 12.6. The standard InChI is InChI=1S/C14H12N2O2S/c1-2-19(17,18)14-12(8-9-16-13(14)10-15)11-6-4-3-5-7-11/h3-9H,2H2,1H3. The van der Waals surface area contributed by atoms with Crippen molar-refractivity contribution < 1.29 is 8.42 Å². The Kier molecular flexibility index (Phi) is 3.63. The van der Waals surface area contributed by atoms with Gasteiger partial charge in [-0.1, -0.05) is 37.3 Å². The van der Waals surface area contributed by atoms with E-state index in [-0.39, 0.29) is 16.3 Å². The van der Waals surface area contributed by atoms with Crippen molar-refractivity contribution in [2.75, 3.05) is 5.75 Å². The molecule has 0 unspecified atom stereocenters. The van der Waals surface area contributed by atoms with Gasteiger partial charge in [0.05, 0.1) is 5.75 Å². The van der Waals surface area contributed by atoms with E-state index in [1.54, 1.807) is 13.0 Å². The lowest BCUT2D eigenvalue weighted by molar-refractivity contribution is 0.597. The average Bonchev–Trinajstić information content (AvgIpc) is 2.47. The number of sulfone groups is 1. The highest BCUT2D eigenvalue weighted by molar-refractivity contribution is 7.91. The van der Waals surface area contributed by atoms with Crippen molar-refractivity contribution in [1.82, 2.24) is 4.98 Å². The SMILES string of the molecule is CCS(=O)(=O)c1c(-c2ccccc2)ccnc1C#N. The monoisotopic (exact) mass is 272 g/mol. The number of aromatic nitrogens is 1. The first-order valence-electron chi connectivity index (χ1n) is 5.77. The van der Waals surface area contributed by atoms with Gasteiger partial charge in [-0.05, 0) is 11.6 Å². The molecular formula is C14H12N2O2S. The lowest BCUT2D eigenvalue weighted by Gasteiger charge is -2.10. The molecule has 0 saturated heterocycles. The summed E-state index contributed by atoms with van der Waals surface area (Å²) in [6.07, 6.45) is 1.45. The van der Waals surface area contributed by atoms with Gasteiger partial charge in [0.15, 0.2) is 15.5 Å². The topological polar surface area (TPSA) is 70.8 Å². The molecular weight excluding hydrogens is 260 g/mol. The largest absolute Gasteiger partial charge is 0.244 e. The van der Waals surface area contributed by atoms with Crippen LogP contribution in [0.4, 0.5) is 0 Å². The second kappa shape index (κ2) is 5.21. The van der Waals surface area contributed by atoms with Gasteiger partial charge in [0.2, 0.25) is 0 Å². The predicted molar refractivity (Wildman–Crippen MR) is 72.1 cm³/mol. The van der Waals surface area contributed by atoms with E-state index in [1.165, 1.54) is 6.20 Å². The van der Waals surface area contributed by atoms with E-state index < -0.39 is 9.84 Å². The van der Waals surface area contributed by atoms with Crippen LogP contribution in [0, 0.1) is 11.3 Å². The van der Waals surface area contributed by atoms with Crippen LogP contribution in [0.15, 0.2) is 47.5 Å². The zero-order chi connectivity index (χ0) is 13.9. The summed E-state index contributed by atoms with van der Waals surface area (Å²) in [6.45, 7) is 1.55. The molecule has 0 atom stereocenters. The number of nitriles is 1. The average molecular weight is 272 g/mol. The van der Waals surface area contributed by atoms with E-state index in [0.717, 1.165) is 5.56 Å². The lowest BCUT2D eigenvalue weighted by Crippen LogP contribution is -2.09. The Bertz CT molecular complexity index is 732. The summed E-state index contributed by atoms with van der Waals surface area (Å²) in [5, 5.41) is 9.07. The molecule has 96 valence electrons. The Labute approximate surface area is 112 Å². The van der Waals surface area contributed by atoms with Crippen LogP contribution in [0.3, 0.4) is 0 Å². The quantitative estimate of drug-likeness (QED) is 0.860. The maximum absolute atomic E-state index is 12.2. The van der Waals surface area contributed by atoms with Crippen LogP contribution in [0.5, 0.6) is 0 Å². The minimum Gasteiger partial charge on any atom is -0.244 e. The van der Waals surface area contributed by atoms with Crippen LogP contribution in [-0.2, 0) is 9.84 Å². The fourth-order valence-electron chi connectivity index (χ4n) is 1.83. The third kappa shape index (κ3) is 2.49. The zero-order valence-electron chi connectivity index (χ0n) is 10.4. The highest BCUT2D eigenvalue weighted by atomic mass is 32.2. The van der Waals surface area contributed by atoms with Crippen LogP contribution in [0.1, 0.15) is 12.6 Å². The normalized spacial score (nSPS) is 10.9. The number of nitrogens with zero attached hydrogens (tertiary/aromatic N) is 2. The fourth-order valence-corrected chi connectivity index (χ4v) is 3.03. The van der Waals surface area contributed by atoms with Gasteiger partial charge in [-0.2, -0.15) is 5.26 Å². The second-order valence-corrected chi connectivity index (χ2v) is 6.13. The number of hydrogen-bond donors (Lipinski definition) is 0. The van der Waals surface area contributed by atoms with Crippen molar-refractivity contribution in [2.45, 2.75) is 11.8 Å². The summed E-state index contributed by atoms with van der Waals surface area (Å²) >= 11 is 0. The Balaban J connectivity index is 2.81. The number of benzene rings is 1. The molecule has 5 heteroatoms. The van der Waals surface area contributed by atoms with E-state index in [1.807, 2.05) is 36.4 Å². The molecule has 1 aromatic carbocycles. The lowest BCUT2D eigenvalue weighted by atomic mass is 10.1. The van der Waals surface area contributed by atoms with Crippen LogP contribution >= 0.6 is 0 Å². The van der Waals surface area contributed by atoms with Gasteiger partial charge < -0.3 is 0 Å². The van der Waals surface area contributed by atoms with Gasteiger partial charge in [-0.3, -0.25) is 0 Å². The van der Waals surface area contributed by atoms with E-state index in [2.05, 4.69) is 4.98 Å². The van der Waals surface area contributed by atoms with Crippen molar-refractivity contribution in [3.05, 3.63) is 48.3 Å². The van der Waals surface area contributed by atoms with Gasteiger partial charge in [0, 0.05) is 11.8 Å². The molecule has 2 aromatic rings. The first kappa shape index (κ1) is 13.2. The number of rotatable bonds is 3. The second-order valence-electron chi connectivity index (χ2n) is 3.92. The van der Waals surface area contributed by atoms with E-state index >= 15 is 0 Å². The van der Waals surface area contributed by atoms with Crippen LogP contribution in [-0.4, -0.2) is 19.2 Å².